The van der Waals surface area contributed by atoms with Crippen LogP contribution in [0.15, 0.2) is 0 Å². The molecule has 0 saturated carbocycles. The van der Waals surface area contributed by atoms with Crippen molar-refractivity contribution < 1.29 is 0 Å². The molecule has 86 valence electrons. The number of unbranched alkanes of at least 4 members (excludes halogenated alkanes) is 2. The zero-order chi connectivity index (χ0) is 11.5. The molecule has 0 atom stereocenters. The highest BCUT2D eigenvalue weighted by atomic mass is 14.7. The predicted octanol–water partition coefficient (Wildman–Crippen LogP) is 4.47. The van der Waals surface area contributed by atoms with Gasteiger partial charge >= 0.3 is 0 Å². The Morgan fingerprint density at radius 3 is 0.692 bits per heavy atom. The lowest BCUT2D eigenvalue weighted by molar-refractivity contribution is 0.886. The molecule has 13 heavy (non-hydrogen) atoms. The van der Waals surface area contributed by atoms with Gasteiger partial charge in [0.25, 0.3) is 0 Å². The van der Waals surface area contributed by atoms with Gasteiger partial charge in [0.15, 0.2) is 0 Å². The zero-order valence-corrected chi connectivity index (χ0v) is 11.3. The first kappa shape index (κ1) is 23.1. The minimum atomic E-state index is 1.32. The molecule has 0 aromatic rings. The minimum Gasteiger partial charge on any atom is -0.323 e. The summed E-state index contributed by atoms with van der Waals surface area (Å²) >= 11 is 0. The van der Waals surface area contributed by atoms with Gasteiger partial charge < -0.3 is 5.32 Å². The summed E-state index contributed by atoms with van der Waals surface area (Å²) in [5, 5.41) is 2.75. The second-order valence-corrected chi connectivity index (χ2v) is 2.50. The molecule has 0 bridgehead atoms. The first-order chi connectivity index (χ1) is 6.24. The van der Waals surface area contributed by atoms with E-state index in [0.29, 0.717) is 0 Å². The molecule has 1 N–H and O–H groups in total. The van der Waals surface area contributed by atoms with Crippen LogP contribution in [0.5, 0.6) is 0 Å². The van der Waals surface area contributed by atoms with Crippen molar-refractivity contribution >= 4 is 0 Å². The van der Waals surface area contributed by atoms with E-state index in [9.17, 15) is 0 Å². The van der Waals surface area contributed by atoms with E-state index >= 15 is 0 Å². The van der Waals surface area contributed by atoms with Crippen molar-refractivity contribution in [3.05, 3.63) is 0 Å². The van der Waals surface area contributed by atoms with Gasteiger partial charge in [0.05, 0.1) is 0 Å². The maximum absolute atomic E-state index is 2.75. The molecule has 0 aliphatic heterocycles. The van der Waals surface area contributed by atoms with Gasteiger partial charge in [-0.05, 0) is 14.1 Å². The Bertz CT molecular complexity index is 20.3. The van der Waals surface area contributed by atoms with Crippen molar-refractivity contribution in [1.82, 2.24) is 5.32 Å². The Hall–Kier alpha value is -0.0400. The summed E-state index contributed by atoms with van der Waals surface area (Å²) in [5.41, 5.74) is 0. The van der Waals surface area contributed by atoms with Crippen molar-refractivity contribution in [3.63, 3.8) is 0 Å². The molecule has 0 amide bonds. The van der Waals surface area contributed by atoms with Gasteiger partial charge in [-0.2, -0.15) is 0 Å². The molecule has 0 unspecified atom stereocenters. The summed E-state index contributed by atoms with van der Waals surface area (Å²) in [4.78, 5) is 0. The van der Waals surface area contributed by atoms with Gasteiger partial charge in [-0.25, -0.2) is 0 Å². The van der Waals surface area contributed by atoms with Gasteiger partial charge in [0, 0.05) is 0 Å². The molecule has 0 rings (SSSR count). The van der Waals surface area contributed by atoms with Crippen LogP contribution in [0, 0.1) is 0 Å². The molecular weight excluding hydrogens is 158 g/mol. The lowest BCUT2D eigenvalue weighted by Crippen LogP contribution is -1.89. The predicted molar refractivity (Wildman–Crippen MR) is 67.5 cm³/mol. The van der Waals surface area contributed by atoms with Crippen LogP contribution in [0.1, 0.15) is 67.2 Å². The molecule has 1 heteroatoms. The Labute approximate surface area is 87.3 Å². The van der Waals surface area contributed by atoms with Crippen molar-refractivity contribution in [2.75, 3.05) is 14.1 Å². The van der Waals surface area contributed by atoms with E-state index in [0.717, 1.165) is 0 Å². The summed E-state index contributed by atoms with van der Waals surface area (Å²) in [7, 11) is 3.75. The molecule has 1 nitrogen and oxygen atoms in total. The minimum absolute atomic E-state index is 1.32. The number of rotatable bonds is 2. The molecule has 0 aromatic carbocycles. The second kappa shape index (κ2) is 58.4. The summed E-state index contributed by atoms with van der Waals surface area (Å²) < 4.78 is 0. The van der Waals surface area contributed by atoms with Gasteiger partial charge in [-0.3, -0.25) is 0 Å². The average molecular weight is 191 g/mol. The fraction of sp³-hybridized carbons (Fsp3) is 1.00. The van der Waals surface area contributed by atoms with E-state index in [-0.39, 0.29) is 0 Å². The normalized spacial score (nSPS) is 6.46. The summed E-state index contributed by atoms with van der Waals surface area (Å²) in [6.45, 7) is 12.7. The van der Waals surface area contributed by atoms with E-state index in [1.54, 1.807) is 0 Å². The first-order valence-electron chi connectivity index (χ1n) is 5.83. The molecule has 0 aliphatic rings. The Balaban J connectivity index is -0.0000000431. The fourth-order valence-corrected chi connectivity index (χ4v) is 0. The maximum Gasteiger partial charge on any atom is -0.0167 e. The molecule has 0 radical (unpaired) electrons. The van der Waals surface area contributed by atoms with Gasteiger partial charge in [0.2, 0.25) is 0 Å². The fourth-order valence-electron chi connectivity index (χ4n) is 0. The molecule has 0 aliphatic carbocycles. The smallest absolute Gasteiger partial charge is 0.0167 e. The standard InChI is InChI=1S/2C4H10.C2H7N.C2H6/c2*1-3-4-2;1-3-2;1-2/h2*3-4H2,1-2H3;3H,1-2H3;1-2H3. The number of nitrogens with one attached hydrogen (secondary N) is 1. The SMILES string of the molecule is CC.CCCC.CCCC.CNC. The zero-order valence-electron chi connectivity index (χ0n) is 11.3. The average Bonchev–Trinajstić information content (AvgIpc) is 2.22. The third-order valence-electron chi connectivity index (χ3n) is 1.000. The summed E-state index contributed by atoms with van der Waals surface area (Å²) in [6.07, 6.45) is 5.28. The third kappa shape index (κ3) is 309. The molecular formula is C12H33N. The highest BCUT2D eigenvalue weighted by Gasteiger charge is 1.56. The molecule has 0 fully saturated rings. The van der Waals surface area contributed by atoms with Crippen LogP contribution in [-0.4, -0.2) is 14.1 Å². The molecule has 0 spiro atoms. The van der Waals surface area contributed by atoms with Gasteiger partial charge in [0.1, 0.15) is 0 Å². The topological polar surface area (TPSA) is 12.0 Å². The maximum atomic E-state index is 2.75. The van der Waals surface area contributed by atoms with Gasteiger partial charge in [-0.1, -0.05) is 67.2 Å². The largest absolute Gasteiger partial charge is 0.323 e. The van der Waals surface area contributed by atoms with E-state index in [2.05, 4.69) is 33.0 Å². The van der Waals surface area contributed by atoms with Crippen molar-refractivity contribution in [1.29, 1.82) is 0 Å². The lowest BCUT2D eigenvalue weighted by atomic mass is 10.4. The number of hydrogen-bond acceptors (Lipinski definition) is 1. The summed E-state index contributed by atoms with van der Waals surface area (Å²) in [6, 6.07) is 0. The van der Waals surface area contributed by atoms with Crippen LogP contribution in [0.2, 0.25) is 0 Å². The second-order valence-electron chi connectivity index (χ2n) is 2.50. The number of hydrogen-bond donors (Lipinski definition) is 1. The van der Waals surface area contributed by atoms with E-state index < -0.39 is 0 Å². The Morgan fingerprint density at radius 1 is 0.615 bits per heavy atom. The first-order valence-corrected chi connectivity index (χ1v) is 5.83. The van der Waals surface area contributed by atoms with Crippen LogP contribution < -0.4 is 5.32 Å². The highest BCUT2D eigenvalue weighted by Crippen LogP contribution is 1.77. The van der Waals surface area contributed by atoms with Crippen LogP contribution in [0.4, 0.5) is 0 Å². The molecule has 0 heterocycles. The molecule has 0 saturated heterocycles. The van der Waals surface area contributed by atoms with Crippen molar-refractivity contribution in [3.8, 4) is 0 Å². The molecule has 0 aromatic heterocycles. The van der Waals surface area contributed by atoms with E-state index in [4.69, 9.17) is 0 Å². The van der Waals surface area contributed by atoms with Crippen molar-refractivity contribution in [2.24, 2.45) is 0 Å². The van der Waals surface area contributed by atoms with Crippen molar-refractivity contribution in [2.45, 2.75) is 67.2 Å². The third-order valence-corrected chi connectivity index (χ3v) is 1.000. The van der Waals surface area contributed by atoms with Crippen LogP contribution in [0.25, 0.3) is 0 Å². The quantitative estimate of drug-likeness (QED) is 0.679. The Kier molecular flexibility index (Phi) is 104. The summed E-state index contributed by atoms with van der Waals surface area (Å²) in [5.74, 6) is 0. The van der Waals surface area contributed by atoms with Crippen LogP contribution >= 0.6 is 0 Å². The van der Waals surface area contributed by atoms with E-state index in [1.807, 2.05) is 27.9 Å². The van der Waals surface area contributed by atoms with E-state index in [1.165, 1.54) is 25.7 Å². The van der Waals surface area contributed by atoms with Crippen LogP contribution in [-0.2, 0) is 0 Å². The monoisotopic (exact) mass is 191 g/mol. The van der Waals surface area contributed by atoms with Gasteiger partial charge in [-0.15, -0.1) is 0 Å². The highest BCUT2D eigenvalue weighted by molar-refractivity contribution is 4.13. The Morgan fingerprint density at radius 2 is 0.692 bits per heavy atom. The van der Waals surface area contributed by atoms with Crippen LogP contribution in [0.3, 0.4) is 0 Å². The lowest BCUT2D eigenvalue weighted by Gasteiger charge is -1.68.